The summed E-state index contributed by atoms with van der Waals surface area (Å²) in [4.78, 5) is 32.8. The van der Waals surface area contributed by atoms with Gasteiger partial charge in [-0.15, -0.1) is 11.3 Å². The number of amides is 1. The summed E-state index contributed by atoms with van der Waals surface area (Å²) in [6.07, 6.45) is 13.3. The Morgan fingerprint density at radius 2 is 2.05 bits per heavy atom. The highest BCUT2D eigenvalue weighted by atomic mass is 32.1. The molecule has 1 aromatic carbocycles. The zero-order valence-electron chi connectivity index (χ0n) is 22.8. The van der Waals surface area contributed by atoms with E-state index in [0.29, 0.717) is 18.8 Å². The van der Waals surface area contributed by atoms with Crippen molar-refractivity contribution in [2.75, 3.05) is 31.5 Å². The molecule has 8 nitrogen and oxygen atoms in total. The number of pyridine rings is 1. The Hall–Kier alpha value is -4.08. The van der Waals surface area contributed by atoms with Gasteiger partial charge in [0, 0.05) is 48.5 Å². The molecule has 0 saturated heterocycles. The molecule has 0 atom stereocenters. The standard InChI is InChI=1S/C31H32N6O2S/c1-21-17-23(9-11-26(21)39-24-10-8-22(2)32-18-24)35-30-29-25-12-16-37(19-27(25)40-31(29)34-20-33-30)28(38)7-6-15-36-13-4-3-5-14-36/h3-4,6-11,17-18,20H,5,12-16,19H2,1-2H3,(H,33,34,35)/b7-6+. The molecule has 2 aliphatic rings. The van der Waals surface area contributed by atoms with Crippen LogP contribution in [-0.4, -0.2) is 56.8 Å². The molecule has 0 unspecified atom stereocenters. The van der Waals surface area contributed by atoms with E-state index in [2.05, 4.69) is 43.4 Å². The van der Waals surface area contributed by atoms with Gasteiger partial charge in [-0.1, -0.05) is 18.2 Å². The Kier molecular flexibility index (Phi) is 7.57. The third kappa shape index (κ3) is 5.76. The third-order valence-electron chi connectivity index (χ3n) is 7.26. The second-order valence-corrected chi connectivity index (χ2v) is 11.3. The summed E-state index contributed by atoms with van der Waals surface area (Å²) in [7, 11) is 0. The highest BCUT2D eigenvalue weighted by Crippen LogP contribution is 2.38. The highest BCUT2D eigenvalue weighted by molar-refractivity contribution is 7.19. The van der Waals surface area contributed by atoms with Crippen molar-refractivity contribution in [2.45, 2.75) is 33.2 Å². The Labute approximate surface area is 238 Å². The minimum absolute atomic E-state index is 0.0688. The van der Waals surface area contributed by atoms with Gasteiger partial charge in [-0.3, -0.25) is 14.7 Å². The molecule has 4 aromatic rings. The first kappa shape index (κ1) is 26.2. The number of carbonyl (C=O) groups excluding carboxylic acids is 1. The minimum Gasteiger partial charge on any atom is -0.455 e. The Balaban J connectivity index is 1.15. The molecule has 2 aliphatic heterocycles. The van der Waals surface area contributed by atoms with Gasteiger partial charge in [0.05, 0.1) is 18.1 Å². The smallest absolute Gasteiger partial charge is 0.246 e. The monoisotopic (exact) mass is 552 g/mol. The van der Waals surface area contributed by atoms with Crippen LogP contribution in [0.25, 0.3) is 10.2 Å². The zero-order valence-corrected chi connectivity index (χ0v) is 23.6. The van der Waals surface area contributed by atoms with Crippen LogP contribution in [-0.2, 0) is 17.8 Å². The average Bonchev–Trinajstić information content (AvgIpc) is 3.35. The zero-order chi connectivity index (χ0) is 27.5. The lowest BCUT2D eigenvalue weighted by atomic mass is 10.0. The van der Waals surface area contributed by atoms with Gasteiger partial charge in [0.15, 0.2) is 0 Å². The van der Waals surface area contributed by atoms with Crippen molar-refractivity contribution in [3.05, 3.63) is 88.9 Å². The SMILES string of the molecule is Cc1ccc(Oc2ccc(Nc3ncnc4sc5c(c34)CCN(C(=O)/C=C/CN3CC=CCC3)C5)cc2C)cn1. The molecule has 204 valence electrons. The summed E-state index contributed by atoms with van der Waals surface area (Å²) in [5.41, 5.74) is 4.11. The molecule has 3 aromatic heterocycles. The van der Waals surface area contributed by atoms with Gasteiger partial charge in [0.25, 0.3) is 0 Å². The summed E-state index contributed by atoms with van der Waals surface area (Å²) in [5.74, 6) is 2.34. The van der Waals surface area contributed by atoms with Crippen molar-refractivity contribution in [1.82, 2.24) is 24.8 Å². The molecule has 0 spiro atoms. The maximum Gasteiger partial charge on any atom is 0.246 e. The highest BCUT2D eigenvalue weighted by Gasteiger charge is 2.25. The number of hydrogen-bond donors (Lipinski definition) is 1. The van der Waals surface area contributed by atoms with Crippen molar-refractivity contribution in [3.63, 3.8) is 0 Å². The molecule has 40 heavy (non-hydrogen) atoms. The lowest BCUT2D eigenvalue weighted by Crippen LogP contribution is -2.34. The van der Waals surface area contributed by atoms with E-state index in [1.54, 1.807) is 29.9 Å². The van der Waals surface area contributed by atoms with E-state index in [1.807, 2.05) is 49.1 Å². The summed E-state index contributed by atoms with van der Waals surface area (Å²) < 4.78 is 6.03. The van der Waals surface area contributed by atoms with Crippen molar-refractivity contribution in [1.29, 1.82) is 0 Å². The van der Waals surface area contributed by atoms with Crippen molar-refractivity contribution in [3.8, 4) is 11.5 Å². The first-order valence-corrected chi connectivity index (χ1v) is 14.4. The molecule has 0 radical (unpaired) electrons. The normalized spacial score (nSPS) is 15.5. The van der Waals surface area contributed by atoms with Gasteiger partial charge >= 0.3 is 0 Å². The summed E-state index contributed by atoms with van der Waals surface area (Å²) in [5, 5.41) is 4.55. The number of ether oxygens (including phenoxy) is 1. The molecule has 9 heteroatoms. The van der Waals surface area contributed by atoms with Crippen LogP contribution in [0.15, 0.2) is 67.2 Å². The molecule has 1 N–H and O–H groups in total. The van der Waals surface area contributed by atoms with Gasteiger partial charge in [0.2, 0.25) is 5.91 Å². The number of hydrogen-bond acceptors (Lipinski definition) is 8. The molecule has 0 aliphatic carbocycles. The summed E-state index contributed by atoms with van der Waals surface area (Å²) in [6, 6.07) is 9.85. The van der Waals surface area contributed by atoms with Crippen LogP contribution < -0.4 is 10.1 Å². The fourth-order valence-electron chi connectivity index (χ4n) is 5.09. The molecule has 6 rings (SSSR count). The molecule has 0 saturated carbocycles. The molecule has 1 amide bonds. The molecular formula is C31H32N6O2S. The number of fused-ring (bicyclic) bond motifs is 3. The first-order valence-electron chi connectivity index (χ1n) is 13.6. The van der Waals surface area contributed by atoms with Gasteiger partial charge in [-0.05, 0) is 68.1 Å². The summed E-state index contributed by atoms with van der Waals surface area (Å²) >= 11 is 1.65. The number of nitrogens with one attached hydrogen (secondary N) is 1. The van der Waals surface area contributed by atoms with E-state index in [4.69, 9.17) is 4.74 Å². The third-order valence-corrected chi connectivity index (χ3v) is 8.39. The Bertz CT molecular complexity index is 1590. The Morgan fingerprint density at radius 3 is 2.85 bits per heavy atom. The topological polar surface area (TPSA) is 83.5 Å². The largest absolute Gasteiger partial charge is 0.455 e. The predicted molar refractivity (Wildman–Crippen MR) is 159 cm³/mol. The van der Waals surface area contributed by atoms with Crippen LogP contribution in [0.5, 0.6) is 11.5 Å². The van der Waals surface area contributed by atoms with Crippen LogP contribution in [0.1, 0.15) is 28.1 Å². The predicted octanol–water partition coefficient (Wildman–Crippen LogP) is 5.94. The molecule has 0 bridgehead atoms. The summed E-state index contributed by atoms with van der Waals surface area (Å²) in [6.45, 7) is 8.06. The van der Waals surface area contributed by atoms with Gasteiger partial charge in [-0.2, -0.15) is 0 Å². The molecular weight excluding hydrogens is 520 g/mol. The van der Waals surface area contributed by atoms with Crippen LogP contribution in [0.4, 0.5) is 11.5 Å². The number of anilines is 2. The van der Waals surface area contributed by atoms with Crippen LogP contribution in [0.2, 0.25) is 0 Å². The number of rotatable bonds is 7. The second-order valence-electron chi connectivity index (χ2n) is 10.2. The Morgan fingerprint density at radius 1 is 1.12 bits per heavy atom. The fraction of sp³-hybridized carbons (Fsp3) is 0.290. The van der Waals surface area contributed by atoms with Gasteiger partial charge in [0.1, 0.15) is 28.5 Å². The van der Waals surface area contributed by atoms with Crippen LogP contribution in [0, 0.1) is 13.8 Å². The van der Waals surface area contributed by atoms with Crippen molar-refractivity contribution < 1.29 is 9.53 Å². The quantitative estimate of drug-likeness (QED) is 0.224. The van der Waals surface area contributed by atoms with E-state index >= 15 is 0 Å². The number of carbonyl (C=O) groups is 1. The van der Waals surface area contributed by atoms with Crippen LogP contribution in [0.3, 0.4) is 0 Å². The lowest BCUT2D eigenvalue weighted by Gasteiger charge is -2.26. The number of aromatic nitrogens is 3. The van der Waals surface area contributed by atoms with E-state index < -0.39 is 0 Å². The van der Waals surface area contributed by atoms with E-state index in [1.165, 1.54) is 10.4 Å². The lowest BCUT2D eigenvalue weighted by molar-refractivity contribution is -0.126. The first-order chi connectivity index (χ1) is 19.5. The number of benzene rings is 1. The van der Waals surface area contributed by atoms with Crippen LogP contribution >= 0.6 is 11.3 Å². The van der Waals surface area contributed by atoms with Gasteiger partial charge in [-0.25, -0.2) is 9.97 Å². The number of nitrogens with zero attached hydrogens (tertiary/aromatic N) is 5. The van der Waals surface area contributed by atoms with E-state index in [9.17, 15) is 4.79 Å². The van der Waals surface area contributed by atoms with Crippen molar-refractivity contribution in [2.24, 2.45) is 0 Å². The van der Waals surface area contributed by atoms with E-state index in [0.717, 1.165) is 71.2 Å². The number of thiophene rings is 1. The van der Waals surface area contributed by atoms with Crippen molar-refractivity contribution >= 4 is 39.0 Å². The van der Waals surface area contributed by atoms with Gasteiger partial charge < -0.3 is 15.0 Å². The number of aryl methyl sites for hydroxylation is 2. The minimum atomic E-state index is 0.0688. The van der Waals surface area contributed by atoms with E-state index in [-0.39, 0.29) is 5.91 Å². The fourth-order valence-corrected chi connectivity index (χ4v) is 6.30. The molecule has 0 fully saturated rings. The average molecular weight is 553 g/mol. The molecule has 5 heterocycles. The maximum absolute atomic E-state index is 12.9. The second kappa shape index (κ2) is 11.6. The maximum atomic E-state index is 12.9.